The molecular formula is C16H12KNO2. The van der Waals surface area contributed by atoms with Crippen molar-refractivity contribution in [2.24, 2.45) is 0 Å². The van der Waals surface area contributed by atoms with Gasteiger partial charge in [0, 0.05) is 5.57 Å². The Morgan fingerprint density at radius 1 is 1.10 bits per heavy atom. The van der Waals surface area contributed by atoms with Crippen LogP contribution in [0.25, 0.3) is 5.57 Å². The number of nitriles is 1. The molecule has 0 aromatic heterocycles. The summed E-state index contributed by atoms with van der Waals surface area (Å²) in [6.45, 7) is 0.489. The minimum atomic E-state index is 0. The van der Waals surface area contributed by atoms with Crippen LogP contribution in [0.2, 0.25) is 0 Å². The quantitative estimate of drug-likeness (QED) is 0.433. The third-order valence-electron chi connectivity index (χ3n) is 2.65. The summed E-state index contributed by atoms with van der Waals surface area (Å²) in [7, 11) is 0. The molecule has 0 saturated carbocycles. The van der Waals surface area contributed by atoms with Crippen molar-refractivity contribution in [1.29, 1.82) is 5.26 Å². The van der Waals surface area contributed by atoms with Crippen LogP contribution in [0, 0.1) is 11.3 Å². The van der Waals surface area contributed by atoms with E-state index in [-0.39, 0.29) is 57.0 Å². The molecule has 0 saturated heterocycles. The first-order valence-corrected chi connectivity index (χ1v) is 5.83. The second-order valence-electron chi connectivity index (χ2n) is 3.94. The molecule has 0 radical (unpaired) electrons. The summed E-state index contributed by atoms with van der Waals surface area (Å²) in [4.78, 5) is 0. The summed E-state index contributed by atoms with van der Waals surface area (Å²) in [6.07, 6.45) is 0.555. The number of hydrogen-bond acceptors (Lipinski definition) is 3. The second-order valence-corrected chi connectivity index (χ2v) is 3.94. The number of ether oxygens (including phenoxy) is 1. The summed E-state index contributed by atoms with van der Waals surface area (Å²) in [5.41, 5.74) is 1.81. The van der Waals surface area contributed by atoms with Crippen molar-refractivity contribution in [2.45, 2.75) is 6.61 Å². The van der Waals surface area contributed by atoms with E-state index in [4.69, 9.17) is 10.00 Å². The van der Waals surface area contributed by atoms with Gasteiger partial charge in [-0.05, 0) is 23.3 Å². The van der Waals surface area contributed by atoms with E-state index in [9.17, 15) is 5.11 Å². The Bertz CT molecular complexity index is 601. The van der Waals surface area contributed by atoms with Crippen LogP contribution in [0.15, 0.2) is 60.9 Å². The monoisotopic (exact) mass is 289 g/mol. The van der Waals surface area contributed by atoms with E-state index in [0.29, 0.717) is 24.2 Å². The van der Waals surface area contributed by atoms with Crippen molar-refractivity contribution in [2.75, 3.05) is 0 Å². The first-order valence-electron chi connectivity index (χ1n) is 5.83. The van der Waals surface area contributed by atoms with Crippen LogP contribution in [0.1, 0.15) is 11.1 Å². The Hall–Kier alpha value is -1.09. The summed E-state index contributed by atoms with van der Waals surface area (Å²) in [5.74, 6) is 0.704. The van der Waals surface area contributed by atoms with Crippen LogP contribution >= 0.6 is 0 Å². The molecule has 94 valence electrons. The summed E-state index contributed by atoms with van der Waals surface area (Å²) < 4.78 is 5.61. The van der Waals surface area contributed by atoms with Crippen molar-refractivity contribution in [3.63, 3.8) is 0 Å². The predicted molar refractivity (Wildman–Crippen MR) is 70.8 cm³/mol. The zero-order chi connectivity index (χ0) is 13.5. The Morgan fingerprint density at radius 2 is 1.75 bits per heavy atom. The van der Waals surface area contributed by atoms with Crippen molar-refractivity contribution in [3.8, 4) is 11.8 Å². The molecule has 0 amide bonds. The van der Waals surface area contributed by atoms with Gasteiger partial charge in [0.1, 0.15) is 12.4 Å². The minimum Gasteiger partial charge on any atom is -0.877 e. The smallest absolute Gasteiger partial charge is 0.877 e. The van der Waals surface area contributed by atoms with E-state index >= 15 is 0 Å². The Morgan fingerprint density at radius 3 is 2.30 bits per heavy atom. The van der Waals surface area contributed by atoms with Gasteiger partial charge in [-0.1, -0.05) is 42.5 Å². The normalized spacial score (nSPS) is 10.2. The first kappa shape index (κ1) is 17.0. The van der Waals surface area contributed by atoms with Crippen molar-refractivity contribution < 1.29 is 61.2 Å². The van der Waals surface area contributed by atoms with Gasteiger partial charge < -0.3 is 9.84 Å². The molecule has 0 aliphatic rings. The number of hydrogen-bond donors (Lipinski definition) is 0. The van der Waals surface area contributed by atoms with E-state index < -0.39 is 0 Å². The molecule has 0 spiro atoms. The van der Waals surface area contributed by atoms with Gasteiger partial charge in [0.25, 0.3) is 0 Å². The zero-order valence-electron chi connectivity index (χ0n) is 11.2. The average molecular weight is 289 g/mol. The molecule has 0 fully saturated rings. The van der Waals surface area contributed by atoms with Gasteiger partial charge in [0.05, 0.1) is 6.07 Å². The molecule has 0 N–H and O–H groups in total. The molecule has 0 bridgehead atoms. The summed E-state index contributed by atoms with van der Waals surface area (Å²) >= 11 is 0. The molecule has 4 heteroatoms. The van der Waals surface area contributed by atoms with E-state index in [1.165, 1.54) is 0 Å². The number of benzene rings is 2. The van der Waals surface area contributed by atoms with Gasteiger partial charge in [-0.15, -0.1) is 6.26 Å². The Kier molecular flexibility index (Phi) is 7.59. The molecule has 2 aromatic carbocycles. The topological polar surface area (TPSA) is 56.1 Å². The number of nitrogens with zero attached hydrogens (tertiary/aromatic N) is 1. The van der Waals surface area contributed by atoms with E-state index in [0.717, 1.165) is 5.56 Å². The molecular weight excluding hydrogens is 277 g/mol. The molecule has 0 aliphatic carbocycles. The minimum absolute atomic E-state index is 0. The maximum absolute atomic E-state index is 10.6. The predicted octanol–water partition coefficient (Wildman–Crippen LogP) is -0.506. The van der Waals surface area contributed by atoms with Crippen LogP contribution < -0.4 is 61.2 Å². The molecule has 0 atom stereocenters. The zero-order valence-corrected chi connectivity index (χ0v) is 14.4. The van der Waals surface area contributed by atoms with Gasteiger partial charge in [-0.3, -0.25) is 0 Å². The average Bonchev–Trinajstić information content (AvgIpc) is 2.49. The maximum Gasteiger partial charge on any atom is 1.00 e. The number of allylic oxidation sites excluding steroid dienone is 1. The van der Waals surface area contributed by atoms with E-state index in [2.05, 4.69) is 0 Å². The van der Waals surface area contributed by atoms with Gasteiger partial charge >= 0.3 is 51.4 Å². The van der Waals surface area contributed by atoms with Crippen LogP contribution in [0.3, 0.4) is 0 Å². The van der Waals surface area contributed by atoms with Crippen LogP contribution in [0.4, 0.5) is 0 Å². The molecule has 0 unspecified atom stereocenters. The Labute approximate surface area is 160 Å². The molecule has 20 heavy (non-hydrogen) atoms. The SMILES string of the molecule is N#C/C(=C\[O-])c1ccc(OCc2ccccc2)cc1.[K+]. The van der Waals surface area contributed by atoms with Gasteiger partial charge in [0.2, 0.25) is 0 Å². The number of rotatable bonds is 4. The fraction of sp³-hybridized carbons (Fsp3) is 0.0625. The van der Waals surface area contributed by atoms with Crippen LogP contribution in [-0.4, -0.2) is 0 Å². The summed E-state index contributed by atoms with van der Waals surface area (Å²) in [6, 6.07) is 18.6. The van der Waals surface area contributed by atoms with Crippen molar-refractivity contribution >= 4 is 5.57 Å². The molecule has 2 rings (SSSR count). The summed E-state index contributed by atoms with van der Waals surface area (Å²) in [5, 5.41) is 19.4. The molecule has 0 aliphatic heterocycles. The molecule has 2 aromatic rings. The van der Waals surface area contributed by atoms with Gasteiger partial charge in [0.15, 0.2) is 0 Å². The first-order chi connectivity index (χ1) is 9.33. The van der Waals surface area contributed by atoms with Gasteiger partial charge in [-0.25, -0.2) is 0 Å². The fourth-order valence-corrected chi connectivity index (χ4v) is 1.63. The van der Waals surface area contributed by atoms with Gasteiger partial charge in [-0.2, -0.15) is 5.26 Å². The third kappa shape index (κ3) is 4.78. The van der Waals surface area contributed by atoms with Crippen LogP contribution in [-0.2, 0) is 6.61 Å². The van der Waals surface area contributed by atoms with E-state index in [1.54, 1.807) is 24.3 Å². The van der Waals surface area contributed by atoms with Crippen molar-refractivity contribution in [3.05, 3.63) is 72.0 Å². The largest absolute Gasteiger partial charge is 1.00 e. The third-order valence-corrected chi connectivity index (χ3v) is 2.65. The molecule has 0 heterocycles. The van der Waals surface area contributed by atoms with E-state index in [1.807, 2.05) is 36.4 Å². The Balaban J connectivity index is 0.00000200. The van der Waals surface area contributed by atoms with Crippen LogP contribution in [0.5, 0.6) is 5.75 Å². The molecule has 3 nitrogen and oxygen atoms in total. The standard InChI is InChI=1S/C16H13NO2.K/c17-10-15(11-18)14-6-8-16(9-7-14)19-12-13-4-2-1-3-5-13;/h1-9,11,18H,12H2;/q;+1/p-1/b15-11+;. The fourth-order valence-electron chi connectivity index (χ4n) is 1.63. The second kappa shape index (κ2) is 8.96. The van der Waals surface area contributed by atoms with Crippen molar-refractivity contribution in [1.82, 2.24) is 0 Å². The maximum atomic E-state index is 10.6.